The fourth-order valence-electron chi connectivity index (χ4n) is 4.77. The van der Waals surface area contributed by atoms with E-state index < -0.39 is 18.5 Å². The molecule has 0 radical (unpaired) electrons. The van der Waals surface area contributed by atoms with Crippen LogP contribution >= 0.6 is 11.3 Å². The Bertz CT molecular complexity index is 992. The van der Waals surface area contributed by atoms with E-state index in [9.17, 15) is 18.0 Å². The number of carbonyl (C=O) groups excluding carboxylic acids is 1. The standard InChI is InChI=1S/C24H31F4N3O4S/c1-16-12-21(30-35-16)33-14-18(32)13-17-2-6-23(25,7-3-17)8-11-31-9-4-19-20(5-10-31)36-22(29-19)34-15-24(26,27)28/h12,17H,2-11,13-15H2,1H3. The van der Waals surface area contributed by atoms with E-state index in [2.05, 4.69) is 15.0 Å². The van der Waals surface area contributed by atoms with Crippen molar-refractivity contribution in [1.82, 2.24) is 15.0 Å². The van der Waals surface area contributed by atoms with Crippen LogP contribution in [0.15, 0.2) is 10.6 Å². The Hall–Kier alpha value is -2.21. The van der Waals surface area contributed by atoms with Crippen LogP contribution < -0.4 is 9.47 Å². The van der Waals surface area contributed by atoms with E-state index in [-0.39, 0.29) is 23.5 Å². The van der Waals surface area contributed by atoms with Gasteiger partial charge in [-0.1, -0.05) is 11.3 Å². The van der Waals surface area contributed by atoms with Gasteiger partial charge in [0.15, 0.2) is 12.4 Å². The van der Waals surface area contributed by atoms with Gasteiger partial charge < -0.3 is 18.9 Å². The highest BCUT2D eigenvalue weighted by Crippen LogP contribution is 2.39. The minimum atomic E-state index is -4.39. The summed E-state index contributed by atoms with van der Waals surface area (Å²) in [6.07, 6.45) is -0.0634. The third kappa shape index (κ3) is 7.89. The van der Waals surface area contributed by atoms with Gasteiger partial charge in [0.1, 0.15) is 18.0 Å². The van der Waals surface area contributed by atoms with Crippen LogP contribution in [-0.4, -0.2) is 65.5 Å². The van der Waals surface area contributed by atoms with Gasteiger partial charge in [-0.3, -0.25) is 4.79 Å². The summed E-state index contributed by atoms with van der Waals surface area (Å²) in [5.41, 5.74) is -0.454. The summed E-state index contributed by atoms with van der Waals surface area (Å²) < 4.78 is 67.6. The third-order valence-electron chi connectivity index (χ3n) is 6.82. The molecule has 12 heteroatoms. The Morgan fingerprint density at radius 2 is 2.00 bits per heavy atom. The van der Waals surface area contributed by atoms with Crippen molar-refractivity contribution in [3.05, 3.63) is 22.4 Å². The molecule has 2 aromatic heterocycles. The number of halogens is 4. The number of carbonyl (C=O) groups is 1. The van der Waals surface area contributed by atoms with Crippen molar-refractivity contribution in [3.8, 4) is 11.1 Å². The third-order valence-corrected chi connectivity index (χ3v) is 7.89. The number of alkyl halides is 4. The van der Waals surface area contributed by atoms with Gasteiger partial charge in [-0.2, -0.15) is 13.2 Å². The smallest absolute Gasteiger partial charge is 0.422 e. The quantitative estimate of drug-likeness (QED) is 0.393. The molecule has 0 aromatic carbocycles. The molecule has 0 saturated heterocycles. The monoisotopic (exact) mass is 533 g/mol. The first-order valence-electron chi connectivity index (χ1n) is 12.2. The van der Waals surface area contributed by atoms with Gasteiger partial charge in [-0.25, -0.2) is 9.37 Å². The summed E-state index contributed by atoms with van der Waals surface area (Å²) in [4.78, 5) is 19.6. The molecule has 1 aliphatic carbocycles. The molecule has 7 nitrogen and oxygen atoms in total. The van der Waals surface area contributed by atoms with Gasteiger partial charge in [-0.05, 0) is 56.5 Å². The zero-order valence-electron chi connectivity index (χ0n) is 20.2. The van der Waals surface area contributed by atoms with Crippen molar-refractivity contribution in [1.29, 1.82) is 0 Å². The normalized spacial score (nSPS) is 23.2. The van der Waals surface area contributed by atoms with Gasteiger partial charge in [0.2, 0.25) is 0 Å². The summed E-state index contributed by atoms with van der Waals surface area (Å²) in [7, 11) is 0. The molecule has 1 fully saturated rings. The second-order valence-corrected chi connectivity index (χ2v) is 10.8. The average molecular weight is 534 g/mol. The fraction of sp³-hybridized carbons (Fsp3) is 0.708. The average Bonchev–Trinajstić information content (AvgIpc) is 3.37. The molecular formula is C24H31F4N3O4S. The van der Waals surface area contributed by atoms with Crippen LogP contribution in [0.1, 0.15) is 54.9 Å². The predicted molar refractivity (Wildman–Crippen MR) is 124 cm³/mol. The second-order valence-electron chi connectivity index (χ2n) is 9.75. The minimum absolute atomic E-state index is 0.0235. The Kier molecular flexibility index (Phi) is 8.54. The summed E-state index contributed by atoms with van der Waals surface area (Å²) in [5, 5.41) is 3.76. The summed E-state index contributed by atoms with van der Waals surface area (Å²) in [6.45, 7) is 2.37. The molecule has 0 atom stereocenters. The van der Waals surface area contributed by atoms with Crippen LogP contribution in [0.25, 0.3) is 0 Å². The number of hydrogen-bond donors (Lipinski definition) is 0. The number of nitrogens with zero attached hydrogens (tertiary/aromatic N) is 3. The van der Waals surface area contributed by atoms with E-state index in [1.54, 1.807) is 13.0 Å². The zero-order valence-corrected chi connectivity index (χ0v) is 21.1. The molecule has 36 heavy (non-hydrogen) atoms. The lowest BCUT2D eigenvalue weighted by atomic mass is 9.76. The number of aryl methyl sites for hydroxylation is 1. The lowest BCUT2D eigenvalue weighted by Crippen LogP contribution is -2.36. The van der Waals surface area contributed by atoms with Crippen LogP contribution in [0, 0.1) is 12.8 Å². The molecule has 0 bridgehead atoms. The molecule has 0 spiro atoms. The minimum Gasteiger partial charge on any atom is -0.467 e. The van der Waals surface area contributed by atoms with Crippen molar-refractivity contribution < 1.29 is 36.4 Å². The Morgan fingerprint density at radius 3 is 2.69 bits per heavy atom. The van der Waals surface area contributed by atoms with Crippen molar-refractivity contribution in [2.24, 2.45) is 5.92 Å². The maximum atomic E-state index is 15.5. The summed E-state index contributed by atoms with van der Waals surface area (Å²) in [6, 6.07) is 1.62. The number of thiazole rings is 1. The largest absolute Gasteiger partial charge is 0.467 e. The van der Waals surface area contributed by atoms with Crippen LogP contribution in [0.5, 0.6) is 11.1 Å². The Balaban J connectivity index is 1.15. The molecule has 200 valence electrons. The van der Waals surface area contributed by atoms with E-state index >= 15 is 4.39 Å². The van der Waals surface area contributed by atoms with Gasteiger partial charge in [0.05, 0.1) is 5.69 Å². The molecule has 2 aliphatic rings. The lowest BCUT2D eigenvalue weighted by molar-refractivity contribution is -0.153. The number of hydrogen-bond acceptors (Lipinski definition) is 8. The van der Waals surface area contributed by atoms with Crippen molar-refractivity contribution in [2.45, 2.75) is 70.1 Å². The number of Topliss-reactive ketones (excluding diaryl/α,β-unsaturated/α-hetero) is 1. The van der Waals surface area contributed by atoms with Crippen LogP contribution in [0.2, 0.25) is 0 Å². The molecular weight excluding hydrogens is 502 g/mol. The SMILES string of the molecule is Cc1cc(OCC(=O)CC2CCC(F)(CCN3CCc4nc(OCC(F)(F)F)sc4CC3)CC2)no1. The Morgan fingerprint density at radius 1 is 1.25 bits per heavy atom. The molecule has 4 rings (SSSR count). The summed E-state index contributed by atoms with van der Waals surface area (Å²) >= 11 is 1.17. The molecule has 0 unspecified atom stereocenters. The number of ether oxygens (including phenoxy) is 2. The highest BCUT2D eigenvalue weighted by atomic mass is 32.1. The lowest BCUT2D eigenvalue weighted by Gasteiger charge is -2.35. The maximum Gasteiger partial charge on any atom is 0.422 e. The molecule has 0 N–H and O–H groups in total. The number of rotatable bonds is 10. The topological polar surface area (TPSA) is 77.7 Å². The zero-order chi connectivity index (χ0) is 25.8. The van der Waals surface area contributed by atoms with Gasteiger partial charge in [0, 0.05) is 43.4 Å². The fourth-order valence-corrected chi connectivity index (χ4v) is 5.71. The van der Waals surface area contributed by atoms with Gasteiger partial charge in [-0.15, -0.1) is 0 Å². The first kappa shape index (κ1) is 26.8. The highest BCUT2D eigenvalue weighted by Gasteiger charge is 2.36. The molecule has 1 saturated carbocycles. The van der Waals surface area contributed by atoms with E-state index in [1.165, 1.54) is 11.3 Å². The maximum absolute atomic E-state index is 15.5. The van der Waals surface area contributed by atoms with E-state index in [1.807, 2.05) is 0 Å². The summed E-state index contributed by atoms with van der Waals surface area (Å²) in [5.74, 6) is 1.05. The van der Waals surface area contributed by atoms with E-state index in [0.29, 0.717) is 82.6 Å². The van der Waals surface area contributed by atoms with Crippen molar-refractivity contribution >= 4 is 17.1 Å². The molecule has 2 aromatic rings. The second kappa shape index (κ2) is 11.5. The number of fused-ring (bicyclic) bond motifs is 1. The molecule has 3 heterocycles. The van der Waals surface area contributed by atoms with Crippen LogP contribution in [0.3, 0.4) is 0 Å². The van der Waals surface area contributed by atoms with Crippen molar-refractivity contribution in [3.63, 3.8) is 0 Å². The Labute approximate surface area is 211 Å². The number of aromatic nitrogens is 2. The van der Waals surface area contributed by atoms with Crippen LogP contribution in [0.4, 0.5) is 17.6 Å². The number of ketones is 1. The van der Waals surface area contributed by atoms with Gasteiger partial charge in [0.25, 0.3) is 11.1 Å². The highest BCUT2D eigenvalue weighted by molar-refractivity contribution is 7.13. The van der Waals surface area contributed by atoms with Crippen molar-refractivity contribution in [2.75, 3.05) is 32.8 Å². The predicted octanol–water partition coefficient (Wildman–Crippen LogP) is 5.11. The van der Waals surface area contributed by atoms with E-state index in [4.69, 9.17) is 14.0 Å². The van der Waals surface area contributed by atoms with Gasteiger partial charge >= 0.3 is 6.18 Å². The molecule has 0 amide bonds. The first-order chi connectivity index (χ1) is 17.1. The molecule has 1 aliphatic heterocycles. The van der Waals surface area contributed by atoms with Crippen LogP contribution in [-0.2, 0) is 17.6 Å². The van der Waals surface area contributed by atoms with E-state index in [0.717, 1.165) is 10.6 Å². The first-order valence-corrected chi connectivity index (χ1v) is 13.1.